The molecular formula is C22H25N7S. The zero-order chi connectivity index (χ0) is 21.1. The topological polar surface area (TPSA) is 56.7 Å². The van der Waals surface area contributed by atoms with Crippen LogP contribution < -0.4 is 0 Å². The van der Waals surface area contributed by atoms with Crippen LogP contribution >= 0.6 is 12.2 Å². The van der Waals surface area contributed by atoms with Crippen molar-refractivity contribution in [2.24, 2.45) is 7.05 Å². The summed E-state index contributed by atoms with van der Waals surface area (Å²) in [6, 6.07) is 18.9. The lowest BCUT2D eigenvalue weighted by Gasteiger charge is -2.25. The van der Waals surface area contributed by atoms with Gasteiger partial charge < -0.3 is 4.57 Å². The van der Waals surface area contributed by atoms with Crippen LogP contribution in [0.4, 0.5) is 0 Å². The lowest BCUT2D eigenvalue weighted by molar-refractivity contribution is 0.194. The van der Waals surface area contributed by atoms with Crippen molar-refractivity contribution in [2.45, 2.75) is 26.1 Å². The van der Waals surface area contributed by atoms with Crippen LogP contribution in [0.15, 0.2) is 67.3 Å². The summed E-state index contributed by atoms with van der Waals surface area (Å²) in [4.78, 5) is 6.23. The van der Waals surface area contributed by atoms with Crippen molar-refractivity contribution >= 4 is 12.2 Å². The molecule has 0 unspecified atom stereocenters. The summed E-state index contributed by atoms with van der Waals surface area (Å²) in [7, 11) is 4.07. The molecule has 0 spiro atoms. The van der Waals surface area contributed by atoms with Crippen molar-refractivity contribution < 1.29 is 0 Å². The molecule has 0 aliphatic heterocycles. The lowest BCUT2D eigenvalue weighted by Crippen LogP contribution is -2.26. The average molecular weight is 420 g/mol. The Morgan fingerprint density at radius 1 is 1.07 bits per heavy atom. The van der Waals surface area contributed by atoms with E-state index in [9.17, 15) is 0 Å². The van der Waals surface area contributed by atoms with Gasteiger partial charge in [0.2, 0.25) is 0 Å². The molecule has 154 valence electrons. The molecule has 0 fully saturated rings. The summed E-state index contributed by atoms with van der Waals surface area (Å²) in [6.07, 6.45) is 3.99. The van der Waals surface area contributed by atoms with Gasteiger partial charge in [0, 0.05) is 19.5 Å². The van der Waals surface area contributed by atoms with E-state index in [0.717, 1.165) is 22.7 Å². The van der Waals surface area contributed by atoms with Gasteiger partial charge in [-0.15, -0.1) is 0 Å². The quantitative estimate of drug-likeness (QED) is 0.427. The molecule has 0 saturated carbocycles. The van der Waals surface area contributed by atoms with Gasteiger partial charge in [0.25, 0.3) is 0 Å². The Kier molecular flexibility index (Phi) is 5.87. The number of hydrogen-bond acceptors (Lipinski definition) is 5. The molecule has 4 aromatic rings. The van der Waals surface area contributed by atoms with Gasteiger partial charge in [-0.05, 0) is 49.4 Å². The smallest absolute Gasteiger partial charge is 0.198 e. The minimum absolute atomic E-state index is 0.205. The zero-order valence-electron chi connectivity index (χ0n) is 17.4. The van der Waals surface area contributed by atoms with E-state index in [0.29, 0.717) is 6.67 Å². The maximum absolute atomic E-state index is 5.64. The van der Waals surface area contributed by atoms with Crippen LogP contribution in [0.5, 0.6) is 0 Å². The maximum Gasteiger partial charge on any atom is 0.198 e. The van der Waals surface area contributed by atoms with Gasteiger partial charge in [0.15, 0.2) is 4.77 Å². The fourth-order valence-corrected chi connectivity index (χ4v) is 3.60. The Hall–Kier alpha value is -3.10. The maximum atomic E-state index is 5.64. The summed E-state index contributed by atoms with van der Waals surface area (Å²) in [5, 5.41) is 8.96. The van der Waals surface area contributed by atoms with E-state index in [1.807, 2.05) is 34.5 Å². The molecule has 0 N–H and O–H groups in total. The van der Waals surface area contributed by atoms with E-state index in [4.69, 9.17) is 17.3 Å². The van der Waals surface area contributed by atoms with Gasteiger partial charge in [-0.25, -0.2) is 14.3 Å². The van der Waals surface area contributed by atoms with Crippen molar-refractivity contribution in [1.29, 1.82) is 0 Å². The largest absolute Gasteiger partial charge is 0.307 e. The molecule has 2 heterocycles. The van der Waals surface area contributed by atoms with E-state index >= 15 is 0 Å². The van der Waals surface area contributed by atoms with Crippen molar-refractivity contribution in [3.8, 4) is 5.69 Å². The second-order valence-electron chi connectivity index (χ2n) is 7.43. The molecule has 1 atom stereocenters. The van der Waals surface area contributed by atoms with Crippen molar-refractivity contribution in [3.05, 3.63) is 89.0 Å². The van der Waals surface area contributed by atoms with Crippen LogP contribution in [-0.4, -0.2) is 41.1 Å². The summed E-state index contributed by atoms with van der Waals surface area (Å²) in [5.41, 5.74) is 3.43. The molecule has 7 nitrogen and oxygen atoms in total. The molecule has 0 radical (unpaired) electrons. The van der Waals surface area contributed by atoms with Crippen molar-refractivity contribution in [2.75, 3.05) is 7.05 Å². The molecule has 0 aliphatic rings. The van der Waals surface area contributed by atoms with Gasteiger partial charge in [0.05, 0.1) is 12.4 Å². The minimum atomic E-state index is 0.205. The summed E-state index contributed by atoms with van der Waals surface area (Å²) < 4.78 is 6.36. The van der Waals surface area contributed by atoms with Gasteiger partial charge in [0.1, 0.15) is 18.5 Å². The van der Waals surface area contributed by atoms with E-state index < -0.39 is 0 Å². The molecule has 4 rings (SSSR count). The summed E-state index contributed by atoms with van der Waals surface area (Å²) >= 11 is 5.64. The number of aromatic nitrogens is 6. The first kappa shape index (κ1) is 20.2. The highest BCUT2D eigenvalue weighted by Crippen LogP contribution is 2.21. The third kappa shape index (κ3) is 4.24. The van der Waals surface area contributed by atoms with Crippen LogP contribution in [-0.2, 0) is 20.1 Å². The number of hydrogen-bond donors (Lipinski definition) is 0. The number of rotatable bonds is 7. The van der Waals surface area contributed by atoms with Crippen LogP contribution in [0.1, 0.15) is 29.9 Å². The Bertz CT molecular complexity index is 1140. The molecule has 0 aliphatic carbocycles. The first-order chi connectivity index (χ1) is 14.5. The standard InChI is InChI=1S/C22H25N7S/c1-17(19-9-11-20(12-10-19)28-15-23-14-24-28)26(2)16-29-22(30)27(3)21(25-29)13-18-7-5-4-6-8-18/h4-12,14-15,17H,13,16H2,1-3H3/t17-/m0/s1. The predicted molar refractivity (Wildman–Crippen MR) is 119 cm³/mol. The fraction of sp³-hybridized carbons (Fsp3) is 0.273. The molecule has 0 amide bonds. The van der Waals surface area contributed by atoms with E-state index in [2.05, 4.69) is 65.4 Å². The van der Waals surface area contributed by atoms with Crippen LogP contribution in [0.25, 0.3) is 5.69 Å². The first-order valence-electron chi connectivity index (χ1n) is 9.85. The second kappa shape index (κ2) is 8.73. The molecule has 2 aromatic carbocycles. The van der Waals surface area contributed by atoms with Crippen LogP contribution in [0.2, 0.25) is 0 Å². The number of nitrogens with zero attached hydrogens (tertiary/aromatic N) is 7. The van der Waals surface area contributed by atoms with Gasteiger partial charge in [-0.2, -0.15) is 10.2 Å². The lowest BCUT2D eigenvalue weighted by atomic mass is 10.1. The molecule has 2 aromatic heterocycles. The molecule has 0 saturated heterocycles. The number of benzene rings is 2. The zero-order valence-corrected chi connectivity index (χ0v) is 18.2. The van der Waals surface area contributed by atoms with Gasteiger partial charge in [-0.3, -0.25) is 4.90 Å². The Morgan fingerprint density at radius 3 is 2.47 bits per heavy atom. The fourth-order valence-electron chi connectivity index (χ4n) is 3.39. The van der Waals surface area contributed by atoms with E-state index in [-0.39, 0.29) is 6.04 Å². The Labute approximate surface area is 181 Å². The molecule has 8 heteroatoms. The highest BCUT2D eigenvalue weighted by Gasteiger charge is 2.15. The average Bonchev–Trinajstić information content (AvgIpc) is 3.40. The SMILES string of the molecule is C[C@@H](c1ccc(-n2cncn2)cc1)N(C)Cn1nc(Cc2ccccc2)n(C)c1=S. The summed E-state index contributed by atoms with van der Waals surface area (Å²) in [5.74, 6) is 0.962. The van der Waals surface area contributed by atoms with Crippen LogP contribution in [0, 0.1) is 4.77 Å². The molecule has 0 bridgehead atoms. The van der Waals surface area contributed by atoms with Crippen molar-refractivity contribution in [3.63, 3.8) is 0 Å². The third-order valence-corrected chi connectivity index (χ3v) is 5.90. The van der Waals surface area contributed by atoms with Gasteiger partial charge >= 0.3 is 0 Å². The monoisotopic (exact) mass is 419 g/mol. The second-order valence-corrected chi connectivity index (χ2v) is 7.79. The Morgan fingerprint density at radius 2 is 1.80 bits per heavy atom. The highest BCUT2D eigenvalue weighted by molar-refractivity contribution is 7.71. The normalized spacial score (nSPS) is 12.4. The predicted octanol–water partition coefficient (Wildman–Crippen LogP) is 3.77. The molecule has 30 heavy (non-hydrogen) atoms. The Balaban J connectivity index is 1.47. The first-order valence-corrected chi connectivity index (χ1v) is 10.3. The minimum Gasteiger partial charge on any atom is -0.307 e. The third-order valence-electron chi connectivity index (χ3n) is 5.41. The van der Waals surface area contributed by atoms with E-state index in [1.54, 1.807) is 11.0 Å². The van der Waals surface area contributed by atoms with Crippen molar-refractivity contribution in [1.82, 2.24) is 34.0 Å². The summed E-state index contributed by atoms with van der Waals surface area (Å²) in [6.45, 7) is 2.80. The van der Waals surface area contributed by atoms with E-state index in [1.165, 1.54) is 17.5 Å². The molecular weight excluding hydrogens is 394 g/mol. The highest BCUT2D eigenvalue weighted by atomic mass is 32.1. The van der Waals surface area contributed by atoms with Gasteiger partial charge in [-0.1, -0.05) is 42.5 Å². The van der Waals surface area contributed by atoms with Crippen LogP contribution in [0.3, 0.4) is 0 Å².